The molecule has 0 radical (unpaired) electrons. The minimum atomic E-state index is -0.320. The number of halogens is 2. The van der Waals surface area contributed by atoms with Crippen molar-refractivity contribution in [2.75, 3.05) is 19.0 Å². The number of thioether (sulfide) groups is 1. The third-order valence-electron chi connectivity index (χ3n) is 3.74. The molecule has 2 aromatic carbocycles. The van der Waals surface area contributed by atoms with E-state index in [1.54, 1.807) is 55.6 Å². The fraction of sp³-hybridized carbons (Fsp3) is 0.105. The summed E-state index contributed by atoms with van der Waals surface area (Å²) in [7, 11) is 1.65. The Kier molecular flexibility index (Phi) is 6.77. The molecule has 2 aromatic rings. The standard InChI is InChI=1S/C19H14BrClN2O3S2/c1-23-18(25)16(28-19(23)27)8-11-2-5-13(6-3-11)26-10-17(24)22-15-7-4-12(20)9-14(15)21/h2-9H,10H2,1H3,(H,22,24). The molecule has 144 valence electrons. The Balaban J connectivity index is 1.56. The van der Waals surface area contributed by atoms with Crippen LogP contribution in [0.1, 0.15) is 5.56 Å². The van der Waals surface area contributed by atoms with Crippen LogP contribution in [-0.2, 0) is 9.59 Å². The topological polar surface area (TPSA) is 58.6 Å². The number of nitrogens with zero attached hydrogens (tertiary/aromatic N) is 1. The zero-order chi connectivity index (χ0) is 20.3. The maximum absolute atomic E-state index is 12.0. The number of likely N-dealkylation sites (N-methyl/N-ethyl adjacent to an activating group) is 1. The first kappa shape index (κ1) is 20.9. The van der Waals surface area contributed by atoms with E-state index in [1.807, 2.05) is 0 Å². The molecule has 0 aliphatic carbocycles. The predicted molar refractivity (Wildman–Crippen MR) is 121 cm³/mol. The van der Waals surface area contributed by atoms with Gasteiger partial charge in [0, 0.05) is 11.5 Å². The van der Waals surface area contributed by atoms with Crippen LogP contribution in [0, 0.1) is 0 Å². The zero-order valence-corrected chi connectivity index (χ0v) is 18.5. The highest BCUT2D eigenvalue weighted by Crippen LogP contribution is 2.31. The van der Waals surface area contributed by atoms with E-state index < -0.39 is 0 Å². The summed E-state index contributed by atoms with van der Waals surface area (Å²) in [6.45, 7) is -0.153. The number of benzene rings is 2. The van der Waals surface area contributed by atoms with Crippen LogP contribution in [0.3, 0.4) is 0 Å². The maximum atomic E-state index is 12.0. The van der Waals surface area contributed by atoms with E-state index >= 15 is 0 Å². The molecule has 0 spiro atoms. The van der Waals surface area contributed by atoms with Gasteiger partial charge in [-0.15, -0.1) is 0 Å². The lowest BCUT2D eigenvalue weighted by atomic mass is 10.2. The van der Waals surface area contributed by atoms with Crippen LogP contribution in [0.4, 0.5) is 5.69 Å². The predicted octanol–water partition coefficient (Wildman–Crippen LogP) is 4.95. The lowest BCUT2D eigenvalue weighted by Crippen LogP contribution is -2.22. The largest absolute Gasteiger partial charge is 0.484 e. The summed E-state index contributed by atoms with van der Waals surface area (Å²) in [4.78, 5) is 26.1. The summed E-state index contributed by atoms with van der Waals surface area (Å²) in [6, 6.07) is 12.3. The smallest absolute Gasteiger partial charge is 0.265 e. The number of hydrogen-bond acceptors (Lipinski definition) is 5. The van der Waals surface area contributed by atoms with Crippen molar-refractivity contribution < 1.29 is 14.3 Å². The molecule has 9 heteroatoms. The first-order valence-electron chi connectivity index (χ1n) is 8.03. The molecule has 28 heavy (non-hydrogen) atoms. The van der Waals surface area contributed by atoms with Gasteiger partial charge in [-0.05, 0) is 42.0 Å². The van der Waals surface area contributed by atoms with Gasteiger partial charge in [-0.1, -0.05) is 63.6 Å². The fourth-order valence-electron chi connectivity index (χ4n) is 2.28. The minimum Gasteiger partial charge on any atom is -0.484 e. The summed E-state index contributed by atoms with van der Waals surface area (Å²) >= 11 is 15.8. The van der Waals surface area contributed by atoms with E-state index in [-0.39, 0.29) is 18.4 Å². The Morgan fingerprint density at radius 1 is 1.32 bits per heavy atom. The van der Waals surface area contributed by atoms with Crippen LogP contribution in [0.25, 0.3) is 6.08 Å². The van der Waals surface area contributed by atoms with Crippen molar-refractivity contribution in [3.63, 3.8) is 0 Å². The number of carbonyl (C=O) groups excluding carboxylic acids is 2. The third kappa shape index (κ3) is 5.14. The van der Waals surface area contributed by atoms with Gasteiger partial charge in [-0.2, -0.15) is 0 Å². The van der Waals surface area contributed by atoms with Gasteiger partial charge in [0.05, 0.1) is 15.6 Å². The molecular weight excluding hydrogens is 484 g/mol. The van der Waals surface area contributed by atoms with Gasteiger partial charge in [-0.25, -0.2) is 0 Å². The fourth-order valence-corrected chi connectivity index (χ4v) is 4.18. The van der Waals surface area contributed by atoms with E-state index in [1.165, 1.54) is 16.7 Å². The molecule has 1 fully saturated rings. The van der Waals surface area contributed by atoms with Gasteiger partial charge >= 0.3 is 0 Å². The molecule has 0 aromatic heterocycles. The highest BCUT2D eigenvalue weighted by atomic mass is 79.9. The molecule has 1 saturated heterocycles. The van der Waals surface area contributed by atoms with Gasteiger partial charge in [0.15, 0.2) is 6.61 Å². The lowest BCUT2D eigenvalue weighted by molar-refractivity contribution is -0.121. The van der Waals surface area contributed by atoms with Crippen LogP contribution < -0.4 is 10.1 Å². The highest BCUT2D eigenvalue weighted by Gasteiger charge is 2.28. The molecule has 0 saturated carbocycles. The minimum absolute atomic E-state index is 0.112. The second kappa shape index (κ2) is 9.09. The molecule has 0 atom stereocenters. The van der Waals surface area contributed by atoms with Crippen LogP contribution >= 0.6 is 51.5 Å². The molecule has 2 amide bonds. The quantitative estimate of drug-likeness (QED) is 0.468. The number of nitrogens with one attached hydrogen (secondary N) is 1. The molecule has 0 bridgehead atoms. The summed E-state index contributed by atoms with van der Waals surface area (Å²) in [5, 5.41) is 3.13. The average Bonchev–Trinajstić information content (AvgIpc) is 2.90. The van der Waals surface area contributed by atoms with Crippen molar-refractivity contribution in [3.8, 4) is 5.75 Å². The summed E-state index contributed by atoms with van der Waals surface area (Å²) in [5.41, 5.74) is 1.36. The first-order valence-corrected chi connectivity index (χ1v) is 10.4. The van der Waals surface area contributed by atoms with Crippen molar-refractivity contribution in [2.45, 2.75) is 0 Å². The molecule has 1 N–H and O–H groups in total. The van der Waals surface area contributed by atoms with E-state index in [0.717, 1.165) is 10.0 Å². The number of rotatable bonds is 5. The van der Waals surface area contributed by atoms with E-state index in [0.29, 0.717) is 25.7 Å². The van der Waals surface area contributed by atoms with Crippen LogP contribution in [0.2, 0.25) is 5.02 Å². The Morgan fingerprint density at radius 3 is 2.64 bits per heavy atom. The molecule has 1 heterocycles. The average molecular weight is 498 g/mol. The summed E-state index contributed by atoms with van der Waals surface area (Å²) < 4.78 is 6.86. The number of thiocarbonyl (C=S) groups is 1. The summed E-state index contributed by atoms with van der Waals surface area (Å²) in [5.74, 6) is 0.107. The molecule has 1 aliphatic heterocycles. The van der Waals surface area contributed by atoms with Crippen molar-refractivity contribution >= 4 is 79.4 Å². The van der Waals surface area contributed by atoms with Gasteiger partial charge < -0.3 is 10.1 Å². The second-order valence-electron chi connectivity index (χ2n) is 5.77. The normalized spacial score (nSPS) is 15.2. The van der Waals surface area contributed by atoms with Crippen molar-refractivity contribution in [1.82, 2.24) is 4.90 Å². The van der Waals surface area contributed by atoms with Gasteiger partial charge in [0.2, 0.25) is 0 Å². The second-order valence-corrected chi connectivity index (χ2v) is 8.77. The Morgan fingerprint density at radius 2 is 2.04 bits per heavy atom. The third-order valence-corrected chi connectivity index (χ3v) is 6.03. The van der Waals surface area contributed by atoms with Crippen molar-refractivity contribution in [1.29, 1.82) is 0 Å². The lowest BCUT2D eigenvalue weighted by Gasteiger charge is -2.09. The first-order chi connectivity index (χ1) is 13.3. The van der Waals surface area contributed by atoms with Crippen LogP contribution in [0.15, 0.2) is 51.8 Å². The van der Waals surface area contributed by atoms with Gasteiger partial charge in [0.25, 0.3) is 11.8 Å². The number of carbonyl (C=O) groups is 2. The van der Waals surface area contributed by atoms with Crippen LogP contribution in [0.5, 0.6) is 5.75 Å². The maximum Gasteiger partial charge on any atom is 0.265 e. The number of anilines is 1. The SMILES string of the molecule is CN1C(=O)C(=Cc2ccc(OCC(=O)Nc3ccc(Br)cc3Cl)cc2)SC1=S. The monoisotopic (exact) mass is 496 g/mol. The highest BCUT2D eigenvalue weighted by molar-refractivity contribution is 9.10. The van der Waals surface area contributed by atoms with E-state index in [2.05, 4.69) is 21.2 Å². The number of amides is 2. The Hall–Kier alpha value is -1.87. The van der Waals surface area contributed by atoms with Gasteiger partial charge in [-0.3, -0.25) is 14.5 Å². The van der Waals surface area contributed by atoms with E-state index in [9.17, 15) is 9.59 Å². The Bertz CT molecular complexity index is 980. The molecular formula is C19H14BrClN2O3S2. The Labute approximate surface area is 185 Å². The molecule has 1 aliphatic rings. The molecule has 5 nitrogen and oxygen atoms in total. The van der Waals surface area contributed by atoms with E-state index in [4.69, 9.17) is 28.6 Å². The van der Waals surface area contributed by atoms with Crippen molar-refractivity contribution in [3.05, 3.63) is 62.4 Å². The number of ether oxygens (including phenoxy) is 1. The number of hydrogen-bond donors (Lipinski definition) is 1. The van der Waals surface area contributed by atoms with Crippen molar-refractivity contribution in [2.24, 2.45) is 0 Å². The molecule has 3 rings (SSSR count). The van der Waals surface area contributed by atoms with Crippen LogP contribution in [-0.4, -0.2) is 34.7 Å². The van der Waals surface area contributed by atoms with Gasteiger partial charge in [0.1, 0.15) is 10.1 Å². The molecule has 0 unspecified atom stereocenters. The zero-order valence-electron chi connectivity index (χ0n) is 14.6. The summed E-state index contributed by atoms with van der Waals surface area (Å²) in [6.07, 6.45) is 1.77.